The summed E-state index contributed by atoms with van der Waals surface area (Å²) in [5, 5.41) is 5.22. The number of carbonyl (C=O) groups is 2. The predicted octanol–water partition coefficient (Wildman–Crippen LogP) is 5.56. The van der Waals surface area contributed by atoms with Crippen molar-refractivity contribution in [2.24, 2.45) is 0 Å². The monoisotopic (exact) mass is 454 g/mol. The summed E-state index contributed by atoms with van der Waals surface area (Å²) in [5.74, 6) is -0.757. The van der Waals surface area contributed by atoms with Crippen molar-refractivity contribution in [1.82, 2.24) is 9.78 Å². The highest BCUT2D eigenvalue weighted by Crippen LogP contribution is 2.30. The van der Waals surface area contributed by atoms with E-state index in [1.807, 2.05) is 64.1 Å². The largest absolute Gasteiger partial charge is 0.466 e. The van der Waals surface area contributed by atoms with Crippen molar-refractivity contribution in [1.29, 1.82) is 0 Å². The van der Waals surface area contributed by atoms with Crippen molar-refractivity contribution in [2.75, 3.05) is 6.61 Å². The van der Waals surface area contributed by atoms with Crippen LogP contribution in [0.5, 0.6) is 0 Å². The summed E-state index contributed by atoms with van der Waals surface area (Å²) in [6, 6.07) is 14.8. The lowest BCUT2D eigenvalue weighted by Crippen LogP contribution is -2.24. The molecule has 0 unspecified atom stereocenters. The third kappa shape index (κ3) is 5.56. The molecule has 0 aliphatic heterocycles. The van der Waals surface area contributed by atoms with E-state index < -0.39 is 11.6 Å². The average molecular weight is 455 g/mol. The van der Waals surface area contributed by atoms with E-state index in [9.17, 15) is 9.59 Å². The van der Waals surface area contributed by atoms with Crippen molar-refractivity contribution >= 4 is 23.5 Å². The van der Waals surface area contributed by atoms with Crippen LogP contribution in [-0.2, 0) is 20.7 Å². The molecule has 168 valence electrons. The molecule has 0 spiro atoms. The molecule has 3 rings (SSSR count). The summed E-state index contributed by atoms with van der Waals surface area (Å²) >= 11 is 6.07. The highest BCUT2D eigenvalue weighted by Gasteiger charge is 2.26. The van der Waals surface area contributed by atoms with Gasteiger partial charge in [0, 0.05) is 16.1 Å². The van der Waals surface area contributed by atoms with Gasteiger partial charge in [-0.2, -0.15) is 5.10 Å². The Labute approximate surface area is 193 Å². The molecule has 0 amide bonds. The standard InChI is InChI=1S/C25H27ClN2O4/c1-6-31-21(29)15-17-7-13-20(14-8-17)28-23(18-9-11-19(26)12-10-18)16(2)22(27-28)24(30)32-25(3,4)5/h7-14H,6,15H2,1-5H3. The topological polar surface area (TPSA) is 70.4 Å². The van der Waals surface area contributed by atoms with Crippen LogP contribution in [0.4, 0.5) is 0 Å². The van der Waals surface area contributed by atoms with Gasteiger partial charge in [-0.3, -0.25) is 4.79 Å². The van der Waals surface area contributed by atoms with Crippen LogP contribution in [0, 0.1) is 6.92 Å². The van der Waals surface area contributed by atoms with E-state index >= 15 is 0 Å². The number of halogens is 1. The van der Waals surface area contributed by atoms with Gasteiger partial charge < -0.3 is 9.47 Å². The molecule has 0 bridgehead atoms. The Morgan fingerprint density at radius 2 is 1.66 bits per heavy atom. The van der Waals surface area contributed by atoms with E-state index in [0.29, 0.717) is 17.2 Å². The first-order valence-electron chi connectivity index (χ1n) is 10.4. The Bertz CT molecular complexity index is 1110. The summed E-state index contributed by atoms with van der Waals surface area (Å²) < 4.78 is 12.3. The van der Waals surface area contributed by atoms with Crippen molar-refractivity contribution in [3.63, 3.8) is 0 Å². The van der Waals surface area contributed by atoms with Crippen LogP contribution < -0.4 is 0 Å². The molecule has 3 aromatic rings. The molecular weight excluding hydrogens is 428 g/mol. The van der Waals surface area contributed by atoms with Gasteiger partial charge in [0.25, 0.3) is 0 Å². The molecule has 0 saturated carbocycles. The SMILES string of the molecule is CCOC(=O)Cc1ccc(-n2nc(C(=O)OC(C)(C)C)c(C)c2-c2ccc(Cl)cc2)cc1. The number of benzene rings is 2. The molecular formula is C25H27ClN2O4. The molecule has 32 heavy (non-hydrogen) atoms. The molecule has 2 aromatic carbocycles. The molecule has 0 N–H and O–H groups in total. The zero-order valence-electron chi connectivity index (χ0n) is 18.9. The fraction of sp³-hybridized carbons (Fsp3) is 0.320. The first-order valence-corrected chi connectivity index (χ1v) is 10.8. The average Bonchev–Trinajstić information content (AvgIpc) is 3.05. The quantitative estimate of drug-likeness (QED) is 0.456. The summed E-state index contributed by atoms with van der Waals surface area (Å²) in [4.78, 5) is 24.6. The van der Waals surface area contributed by atoms with Crippen LogP contribution in [0.25, 0.3) is 16.9 Å². The number of nitrogens with zero attached hydrogens (tertiary/aromatic N) is 2. The van der Waals surface area contributed by atoms with Gasteiger partial charge in [0.2, 0.25) is 0 Å². The minimum absolute atomic E-state index is 0.194. The molecule has 0 aliphatic carbocycles. The lowest BCUT2D eigenvalue weighted by molar-refractivity contribution is -0.142. The van der Waals surface area contributed by atoms with Gasteiger partial charge in [0.1, 0.15) is 5.60 Å². The summed E-state index contributed by atoms with van der Waals surface area (Å²) in [7, 11) is 0. The van der Waals surface area contributed by atoms with Gasteiger partial charge >= 0.3 is 11.9 Å². The van der Waals surface area contributed by atoms with E-state index in [1.54, 1.807) is 23.7 Å². The van der Waals surface area contributed by atoms with Gasteiger partial charge in [0.05, 0.1) is 24.4 Å². The molecule has 0 radical (unpaired) electrons. The molecule has 7 heteroatoms. The second kappa shape index (κ2) is 9.57. The fourth-order valence-corrected chi connectivity index (χ4v) is 3.41. The Morgan fingerprint density at radius 3 is 2.22 bits per heavy atom. The van der Waals surface area contributed by atoms with E-state index in [1.165, 1.54) is 0 Å². The maximum atomic E-state index is 12.8. The minimum Gasteiger partial charge on any atom is -0.466 e. The summed E-state index contributed by atoms with van der Waals surface area (Å²) in [6.07, 6.45) is 0.194. The number of hydrogen-bond donors (Lipinski definition) is 0. The molecule has 0 atom stereocenters. The van der Waals surface area contributed by atoms with Gasteiger partial charge in [-0.25, -0.2) is 9.48 Å². The van der Waals surface area contributed by atoms with Gasteiger partial charge in [-0.05, 0) is 64.4 Å². The molecule has 0 aliphatic rings. The number of aromatic nitrogens is 2. The van der Waals surface area contributed by atoms with Crippen molar-refractivity contribution in [3.05, 3.63) is 70.4 Å². The number of esters is 2. The predicted molar refractivity (Wildman–Crippen MR) is 124 cm³/mol. The van der Waals surface area contributed by atoms with E-state index in [-0.39, 0.29) is 18.1 Å². The first kappa shape index (κ1) is 23.5. The molecule has 0 saturated heterocycles. The Hall–Kier alpha value is -3.12. The summed E-state index contributed by atoms with van der Waals surface area (Å²) in [6.45, 7) is 9.43. The number of rotatable bonds is 6. The minimum atomic E-state index is -0.636. The number of ether oxygens (including phenoxy) is 2. The molecule has 1 aromatic heterocycles. The maximum Gasteiger partial charge on any atom is 0.359 e. The lowest BCUT2D eigenvalue weighted by Gasteiger charge is -2.18. The van der Waals surface area contributed by atoms with Gasteiger partial charge in [-0.1, -0.05) is 35.9 Å². The highest BCUT2D eigenvalue weighted by atomic mass is 35.5. The van der Waals surface area contributed by atoms with Crippen LogP contribution in [0.1, 0.15) is 49.3 Å². The number of hydrogen-bond acceptors (Lipinski definition) is 5. The number of carbonyl (C=O) groups excluding carboxylic acids is 2. The van der Waals surface area contributed by atoms with Crippen LogP contribution in [0.2, 0.25) is 5.02 Å². The maximum absolute atomic E-state index is 12.8. The molecule has 1 heterocycles. The van der Waals surface area contributed by atoms with E-state index in [2.05, 4.69) is 5.10 Å². The first-order chi connectivity index (χ1) is 15.1. The zero-order chi connectivity index (χ0) is 23.5. The van der Waals surface area contributed by atoms with Crippen molar-refractivity contribution in [3.8, 4) is 16.9 Å². The second-order valence-electron chi connectivity index (χ2n) is 8.39. The normalized spacial score (nSPS) is 11.3. The van der Waals surface area contributed by atoms with E-state index in [0.717, 1.165) is 22.5 Å². The van der Waals surface area contributed by atoms with Crippen LogP contribution >= 0.6 is 11.6 Å². The third-order valence-electron chi connectivity index (χ3n) is 4.67. The smallest absolute Gasteiger partial charge is 0.359 e. The molecule has 6 nitrogen and oxygen atoms in total. The van der Waals surface area contributed by atoms with Gasteiger partial charge in [-0.15, -0.1) is 0 Å². The third-order valence-corrected chi connectivity index (χ3v) is 4.92. The zero-order valence-corrected chi connectivity index (χ0v) is 19.7. The van der Waals surface area contributed by atoms with E-state index in [4.69, 9.17) is 21.1 Å². The molecule has 0 fully saturated rings. The van der Waals surface area contributed by atoms with Crippen molar-refractivity contribution in [2.45, 2.75) is 46.6 Å². The Morgan fingerprint density at radius 1 is 1.03 bits per heavy atom. The summed E-state index contributed by atoms with van der Waals surface area (Å²) in [5.41, 5.74) is 3.53. The fourth-order valence-electron chi connectivity index (χ4n) is 3.28. The Kier molecular flexibility index (Phi) is 7.04. The highest BCUT2D eigenvalue weighted by molar-refractivity contribution is 6.30. The van der Waals surface area contributed by atoms with Crippen LogP contribution in [0.3, 0.4) is 0 Å². The van der Waals surface area contributed by atoms with Crippen molar-refractivity contribution < 1.29 is 19.1 Å². The second-order valence-corrected chi connectivity index (χ2v) is 8.83. The van der Waals surface area contributed by atoms with Crippen LogP contribution in [-0.4, -0.2) is 33.9 Å². The Balaban J connectivity index is 2.05. The van der Waals surface area contributed by atoms with Gasteiger partial charge in [0.15, 0.2) is 5.69 Å². The lowest BCUT2D eigenvalue weighted by atomic mass is 10.1. The van der Waals surface area contributed by atoms with Crippen LogP contribution in [0.15, 0.2) is 48.5 Å².